The Bertz CT molecular complexity index is 382. The Labute approximate surface area is 99.7 Å². The summed E-state index contributed by atoms with van der Waals surface area (Å²) in [6, 6.07) is 3.96. The minimum atomic E-state index is -0.324. The zero-order valence-corrected chi connectivity index (χ0v) is 9.49. The molecule has 0 aliphatic carbocycles. The van der Waals surface area contributed by atoms with Gasteiger partial charge in [0.25, 0.3) is 0 Å². The van der Waals surface area contributed by atoms with Crippen molar-refractivity contribution >= 4 is 5.84 Å². The van der Waals surface area contributed by atoms with Crippen molar-refractivity contribution in [3.05, 3.63) is 30.1 Å². The molecule has 0 spiro atoms. The minimum Gasteiger partial charge on any atom is -0.409 e. The first kappa shape index (κ1) is 11.8. The number of pyridine rings is 1. The highest BCUT2D eigenvalue weighted by Gasteiger charge is 2.23. The van der Waals surface area contributed by atoms with Gasteiger partial charge in [-0.15, -0.1) is 0 Å². The molecule has 0 aromatic carbocycles. The Morgan fingerprint density at radius 2 is 2.35 bits per heavy atom. The van der Waals surface area contributed by atoms with Crippen LogP contribution in [0.2, 0.25) is 0 Å². The van der Waals surface area contributed by atoms with Crippen LogP contribution >= 0.6 is 0 Å². The summed E-state index contributed by atoms with van der Waals surface area (Å²) >= 11 is 0. The number of nitrogens with zero attached hydrogens (tertiary/aromatic N) is 3. The topological polar surface area (TPSA) is 84.0 Å². The minimum absolute atomic E-state index is 0.129. The van der Waals surface area contributed by atoms with Crippen molar-refractivity contribution in [3.8, 4) is 0 Å². The Morgan fingerprint density at radius 3 is 3.06 bits per heavy atom. The molecule has 0 saturated carbocycles. The zero-order chi connectivity index (χ0) is 12.1. The van der Waals surface area contributed by atoms with E-state index in [4.69, 9.17) is 15.7 Å². The van der Waals surface area contributed by atoms with E-state index in [1.54, 1.807) is 12.4 Å². The maximum Gasteiger partial charge on any atom is 0.169 e. The largest absolute Gasteiger partial charge is 0.409 e. The lowest BCUT2D eigenvalue weighted by Gasteiger charge is -2.32. The molecule has 0 radical (unpaired) electrons. The van der Waals surface area contributed by atoms with Gasteiger partial charge in [-0.1, -0.05) is 5.16 Å². The van der Waals surface area contributed by atoms with Crippen molar-refractivity contribution in [2.75, 3.05) is 19.7 Å². The Kier molecular flexibility index (Phi) is 3.89. The molecule has 3 N–H and O–H groups in total. The lowest BCUT2D eigenvalue weighted by Crippen LogP contribution is -2.48. The molecule has 2 rings (SSSR count). The summed E-state index contributed by atoms with van der Waals surface area (Å²) in [6.07, 6.45) is 3.23. The third kappa shape index (κ3) is 3.15. The Hall–Kier alpha value is -1.66. The number of amidine groups is 1. The van der Waals surface area contributed by atoms with E-state index in [1.807, 2.05) is 12.1 Å². The first-order valence-electron chi connectivity index (χ1n) is 5.50. The highest BCUT2D eigenvalue weighted by molar-refractivity contribution is 5.84. The van der Waals surface area contributed by atoms with E-state index in [9.17, 15) is 0 Å². The average molecular weight is 236 g/mol. The third-order valence-electron chi connectivity index (χ3n) is 2.75. The summed E-state index contributed by atoms with van der Waals surface area (Å²) < 4.78 is 5.43. The second-order valence-electron chi connectivity index (χ2n) is 3.97. The van der Waals surface area contributed by atoms with Crippen LogP contribution in [0.25, 0.3) is 0 Å². The molecule has 1 unspecified atom stereocenters. The molecule has 92 valence electrons. The van der Waals surface area contributed by atoms with E-state index >= 15 is 0 Å². The Balaban J connectivity index is 1.94. The van der Waals surface area contributed by atoms with Gasteiger partial charge in [-0.2, -0.15) is 0 Å². The number of rotatable bonds is 3. The molecular weight excluding hydrogens is 220 g/mol. The normalized spacial score (nSPS) is 22.6. The van der Waals surface area contributed by atoms with Crippen LogP contribution < -0.4 is 5.73 Å². The number of nitrogens with two attached hydrogens (primary N) is 1. The number of aromatic nitrogens is 1. The molecular formula is C11H16N4O2. The standard InChI is InChI=1S/C11H16N4O2/c12-11(14-16)10-8-15(5-6-17-10)7-9-1-3-13-4-2-9/h1-4,10,16H,5-8H2,(H2,12,14). The van der Waals surface area contributed by atoms with Gasteiger partial charge in [0.1, 0.15) is 6.10 Å². The molecule has 6 heteroatoms. The third-order valence-corrected chi connectivity index (χ3v) is 2.75. The smallest absolute Gasteiger partial charge is 0.169 e. The number of oxime groups is 1. The van der Waals surface area contributed by atoms with Crippen LogP contribution in [0.3, 0.4) is 0 Å². The number of morpholine rings is 1. The summed E-state index contributed by atoms with van der Waals surface area (Å²) in [6.45, 7) is 2.89. The molecule has 1 aliphatic heterocycles. The Morgan fingerprint density at radius 1 is 1.59 bits per heavy atom. The van der Waals surface area contributed by atoms with Crippen molar-refractivity contribution in [2.45, 2.75) is 12.6 Å². The molecule has 6 nitrogen and oxygen atoms in total. The molecule has 1 atom stereocenters. The van der Waals surface area contributed by atoms with Crippen LogP contribution in [-0.2, 0) is 11.3 Å². The molecule has 0 bridgehead atoms. The fourth-order valence-electron chi connectivity index (χ4n) is 1.84. The van der Waals surface area contributed by atoms with Crippen LogP contribution in [0.15, 0.2) is 29.7 Å². The second-order valence-corrected chi connectivity index (χ2v) is 3.97. The van der Waals surface area contributed by atoms with Crippen LogP contribution in [0.4, 0.5) is 0 Å². The number of ether oxygens (including phenoxy) is 1. The lowest BCUT2D eigenvalue weighted by molar-refractivity contribution is 0.00141. The predicted octanol–water partition coefficient (Wildman–Crippen LogP) is 0.0288. The molecule has 1 aromatic heterocycles. The van der Waals surface area contributed by atoms with Gasteiger partial charge in [0.05, 0.1) is 6.61 Å². The van der Waals surface area contributed by atoms with Gasteiger partial charge in [-0.25, -0.2) is 0 Å². The monoisotopic (exact) mass is 236 g/mol. The summed E-state index contributed by atoms with van der Waals surface area (Å²) in [4.78, 5) is 6.19. The summed E-state index contributed by atoms with van der Waals surface area (Å²) in [5.41, 5.74) is 6.74. The van der Waals surface area contributed by atoms with Gasteiger partial charge in [0.15, 0.2) is 5.84 Å². The fourth-order valence-corrected chi connectivity index (χ4v) is 1.84. The summed E-state index contributed by atoms with van der Waals surface area (Å²) in [5, 5.41) is 11.6. The number of hydrogen-bond donors (Lipinski definition) is 2. The van der Waals surface area contributed by atoms with Gasteiger partial charge in [-0.05, 0) is 17.7 Å². The van der Waals surface area contributed by atoms with Gasteiger partial charge < -0.3 is 15.7 Å². The molecule has 1 aromatic rings. The molecule has 0 amide bonds. The van der Waals surface area contributed by atoms with Gasteiger partial charge in [0.2, 0.25) is 0 Å². The van der Waals surface area contributed by atoms with E-state index < -0.39 is 0 Å². The zero-order valence-electron chi connectivity index (χ0n) is 9.49. The first-order valence-corrected chi connectivity index (χ1v) is 5.50. The predicted molar refractivity (Wildman–Crippen MR) is 62.7 cm³/mol. The van der Waals surface area contributed by atoms with Crippen molar-refractivity contribution in [1.82, 2.24) is 9.88 Å². The van der Waals surface area contributed by atoms with Crippen LogP contribution in [0.5, 0.6) is 0 Å². The number of hydrogen-bond acceptors (Lipinski definition) is 5. The average Bonchev–Trinajstić information content (AvgIpc) is 2.39. The lowest BCUT2D eigenvalue weighted by atomic mass is 10.2. The molecule has 1 saturated heterocycles. The SMILES string of the molecule is NC(=NO)C1CN(Cc2ccncc2)CCO1. The van der Waals surface area contributed by atoms with Crippen LogP contribution in [0, 0.1) is 0 Å². The summed E-state index contributed by atoms with van der Waals surface area (Å²) in [7, 11) is 0. The van der Waals surface area contributed by atoms with E-state index in [2.05, 4.69) is 15.0 Å². The van der Waals surface area contributed by atoms with E-state index in [1.165, 1.54) is 5.56 Å². The van der Waals surface area contributed by atoms with E-state index in [-0.39, 0.29) is 11.9 Å². The van der Waals surface area contributed by atoms with E-state index in [0.717, 1.165) is 13.1 Å². The maximum atomic E-state index is 8.62. The highest BCUT2D eigenvalue weighted by Crippen LogP contribution is 2.09. The molecule has 1 aliphatic rings. The molecule has 17 heavy (non-hydrogen) atoms. The van der Waals surface area contributed by atoms with Gasteiger partial charge in [-0.3, -0.25) is 9.88 Å². The van der Waals surface area contributed by atoms with Crippen LogP contribution in [0.1, 0.15) is 5.56 Å². The van der Waals surface area contributed by atoms with Crippen LogP contribution in [-0.4, -0.2) is 46.7 Å². The van der Waals surface area contributed by atoms with Gasteiger partial charge >= 0.3 is 0 Å². The van der Waals surface area contributed by atoms with Crippen molar-refractivity contribution in [1.29, 1.82) is 0 Å². The highest BCUT2D eigenvalue weighted by atomic mass is 16.5. The van der Waals surface area contributed by atoms with Crippen molar-refractivity contribution in [3.63, 3.8) is 0 Å². The van der Waals surface area contributed by atoms with Crippen molar-refractivity contribution in [2.24, 2.45) is 10.9 Å². The molecule has 1 fully saturated rings. The van der Waals surface area contributed by atoms with E-state index in [0.29, 0.717) is 13.2 Å². The second kappa shape index (κ2) is 5.60. The maximum absolute atomic E-state index is 8.62. The van der Waals surface area contributed by atoms with Crippen molar-refractivity contribution < 1.29 is 9.94 Å². The summed E-state index contributed by atoms with van der Waals surface area (Å²) in [5.74, 6) is 0.129. The quantitative estimate of drug-likeness (QED) is 0.335. The molecule has 2 heterocycles. The first-order chi connectivity index (χ1) is 8.29. The van der Waals surface area contributed by atoms with Gasteiger partial charge in [0, 0.05) is 32.0 Å². The fraction of sp³-hybridized carbons (Fsp3) is 0.455.